The van der Waals surface area contributed by atoms with Gasteiger partial charge in [0.2, 0.25) is 0 Å². The van der Waals surface area contributed by atoms with E-state index in [0.717, 1.165) is 6.42 Å². The number of hydrogen-bond donors (Lipinski definition) is 0. The highest BCUT2D eigenvalue weighted by atomic mass is 15.2. The Hall–Kier alpha value is -1.50. The van der Waals surface area contributed by atoms with Crippen LogP contribution in [0.2, 0.25) is 0 Å². The van der Waals surface area contributed by atoms with Crippen LogP contribution in [0.4, 0.5) is 5.69 Å². The van der Waals surface area contributed by atoms with E-state index in [1.54, 1.807) is 0 Å². The highest BCUT2D eigenvalue weighted by Crippen LogP contribution is 2.50. The predicted molar refractivity (Wildman–Crippen MR) is 88.7 cm³/mol. The van der Waals surface area contributed by atoms with Crippen molar-refractivity contribution in [2.75, 3.05) is 4.90 Å². The van der Waals surface area contributed by atoms with E-state index >= 15 is 0 Å². The van der Waals surface area contributed by atoms with Crippen molar-refractivity contribution in [1.82, 2.24) is 0 Å². The molecule has 1 unspecified atom stereocenters. The standard InChI is InChI=1S/C19H27N/c1-7-8-17-13-20(16(5)19(17,6)14(2)3)18-11-9-15(4)10-12-18/h9-14H,5,7-8H2,1-4,6H3. The first-order chi connectivity index (χ1) is 9.41. The fraction of sp³-hybridized carbons (Fsp3) is 0.474. The number of hydrogen-bond acceptors (Lipinski definition) is 1. The maximum Gasteiger partial charge on any atom is 0.0452 e. The van der Waals surface area contributed by atoms with E-state index in [9.17, 15) is 0 Å². The summed E-state index contributed by atoms with van der Waals surface area (Å²) in [5.74, 6) is 0.559. The van der Waals surface area contributed by atoms with Gasteiger partial charge in [0.15, 0.2) is 0 Å². The molecular formula is C19H27N. The molecule has 0 radical (unpaired) electrons. The van der Waals surface area contributed by atoms with Crippen LogP contribution < -0.4 is 4.90 Å². The van der Waals surface area contributed by atoms with E-state index in [2.05, 4.69) is 76.6 Å². The molecule has 0 aromatic heterocycles. The third kappa shape index (κ3) is 2.30. The van der Waals surface area contributed by atoms with Crippen LogP contribution in [0, 0.1) is 18.3 Å². The second-order valence-corrected chi connectivity index (χ2v) is 6.41. The summed E-state index contributed by atoms with van der Waals surface area (Å²) < 4.78 is 0. The van der Waals surface area contributed by atoms with Gasteiger partial charge >= 0.3 is 0 Å². The monoisotopic (exact) mass is 269 g/mol. The van der Waals surface area contributed by atoms with Crippen molar-refractivity contribution in [2.45, 2.75) is 47.5 Å². The first-order valence-corrected chi connectivity index (χ1v) is 7.67. The fourth-order valence-electron chi connectivity index (χ4n) is 3.04. The van der Waals surface area contributed by atoms with Crippen LogP contribution >= 0.6 is 0 Å². The van der Waals surface area contributed by atoms with Crippen molar-refractivity contribution in [3.63, 3.8) is 0 Å². The lowest BCUT2D eigenvalue weighted by atomic mass is 9.71. The first-order valence-electron chi connectivity index (χ1n) is 7.67. The highest BCUT2D eigenvalue weighted by molar-refractivity contribution is 5.62. The Balaban J connectivity index is 2.42. The van der Waals surface area contributed by atoms with Crippen molar-refractivity contribution in [3.8, 4) is 0 Å². The van der Waals surface area contributed by atoms with Crippen molar-refractivity contribution < 1.29 is 0 Å². The molecular weight excluding hydrogens is 242 g/mol. The summed E-state index contributed by atoms with van der Waals surface area (Å²) in [7, 11) is 0. The summed E-state index contributed by atoms with van der Waals surface area (Å²) in [5.41, 5.74) is 5.32. The zero-order valence-corrected chi connectivity index (χ0v) is 13.5. The Morgan fingerprint density at radius 1 is 1.20 bits per heavy atom. The lowest BCUT2D eigenvalue weighted by molar-refractivity contribution is 0.336. The number of rotatable bonds is 4. The predicted octanol–water partition coefficient (Wildman–Crippen LogP) is 5.68. The molecule has 1 aromatic rings. The fourth-order valence-corrected chi connectivity index (χ4v) is 3.04. The number of nitrogens with zero attached hydrogens (tertiary/aromatic N) is 1. The second kappa shape index (κ2) is 5.47. The lowest BCUT2D eigenvalue weighted by Gasteiger charge is -2.35. The average Bonchev–Trinajstić information content (AvgIpc) is 2.66. The van der Waals surface area contributed by atoms with Gasteiger partial charge in [0.25, 0.3) is 0 Å². The van der Waals surface area contributed by atoms with Crippen LogP contribution in [-0.4, -0.2) is 0 Å². The van der Waals surface area contributed by atoms with Gasteiger partial charge in [-0.25, -0.2) is 0 Å². The zero-order chi connectivity index (χ0) is 14.9. The van der Waals surface area contributed by atoms with Crippen molar-refractivity contribution in [2.24, 2.45) is 11.3 Å². The largest absolute Gasteiger partial charge is 0.321 e. The Morgan fingerprint density at radius 2 is 1.80 bits per heavy atom. The maximum absolute atomic E-state index is 4.42. The number of allylic oxidation sites excluding steroid dienone is 1. The van der Waals surface area contributed by atoms with Crippen LogP contribution in [0.15, 0.2) is 48.3 Å². The smallest absolute Gasteiger partial charge is 0.0452 e. The number of benzene rings is 1. The average molecular weight is 269 g/mol. The van der Waals surface area contributed by atoms with Crippen LogP contribution in [0.3, 0.4) is 0 Å². The van der Waals surface area contributed by atoms with Gasteiger partial charge in [-0.3, -0.25) is 0 Å². The molecule has 0 fully saturated rings. The molecule has 1 heteroatoms. The number of aryl methyl sites for hydroxylation is 1. The topological polar surface area (TPSA) is 3.24 Å². The summed E-state index contributed by atoms with van der Waals surface area (Å²) in [6.07, 6.45) is 4.65. The van der Waals surface area contributed by atoms with Gasteiger partial charge in [-0.05, 0) is 43.9 Å². The molecule has 20 heavy (non-hydrogen) atoms. The zero-order valence-electron chi connectivity index (χ0n) is 13.5. The van der Waals surface area contributed by atoms with Crippen molar-refractivity contribution >= 4 is 5.69 Å². The van der Waals surface area contributed by atoms with E-state index in [1.165, 1.54) is 28.9 Å². The summed E-state index contributed by atoms with van der Waals surface area (Å²) in [6, 6.07) is 8.71. The van der Waals surface area contributed by atoms with Gasteiger partial charge < -0.3 is 4.90 Å². The molecule has 108 valence electrons. The number of anilines is 1. The normalized spacial score (nSPS) is 22.6. The minimum atomic E-state index is 0.0842. The molecule has 1 aromatic carbocycles. The molecule has 1 aliphatic heterocycles. The molecule has 1 aliphatic rings. The summed E-state index contributed by atoms with van der Waals surface area (Å²) in [5, 5.41) is 0. The Morgan fingerprint density at radius 3 is 2.30 bits per heavy atom. The van der Waals surface area contributed by atoms with Crippen LogP contribution in [-0.2, 0) is 0 Å². The molecule has 2 rings (SSSR count). The molecule has 0 amide bonds. The molecule has 1 atom stereocenters. The van der Waals surface area contributed by atoms with E-state index in [1.807, 2.05) is 0 Å². The molecule has 0 bridgehead atoms. The molecule has 0 N–H and O–H groups in total. The summed E-state index contributed by atoms with van der Waals surface area (Å²) in [6.45, 7) is 15.7. The van der Waals surface area contributed by atoms with Crippen LogP contribution in [0.5, 0.6) is 0 Å². The molecule has 0 saturated heterocycles. The lowest BCUT2D eigenvalue weighted by Crippen LogP contribution is -2.29. The second-order valence-electron chi connectivity index (χ2n) is 6.41. The Kier molecular flexibility index (Phi) is 4.08. The minimum absolute atomic E-state index is 0.0842. The summed E-state index contributed by atoms with van der Waals surface area (Å²) in [4.78, 5) is 2.28. The van der Waals surface area contributed by atoms with E-state index in [-0.39, 0.29) is 5.41 Å². The maximum atomic E-state index is 4.42. The van der Waals surface area contributed by atoms with Gasteiger partial charge in [0, 0.05) is 23.0 Å². The Labute approximate surface area is 124 Å². The third-order valence-corrected chi connectivity index (χ3v) is 4.83. The van der Waals surface area contributed by atoms with Crippen LogP contribution in [0.25, 0.3) is 0 Å². The molecule has 1 nitrogen and oxygen atoms in total. The van der Waals surface area contributed by atoms with Gasteiger partial charge in [-0.1, -0.05) is 51.5 Å². The Bertz CT molecular complexity index is 521. The van der Waals surface area contributed by atoms with E-state index in [0.29, 0.717) is 5.92 Å². The minimum Gasteiger partial charge on any atom is -0.321 e. The molecule has 0 saturated carbocycles. The third-order valence-electron chi connectivity index (χ3n) is 4.83. The summed E-state index contributed by atoms with van der Waals surface area (Å²) >= 11 is 0. The van der Waals surface area contributed by atoms with Crippen molar-refractivity contribution in [1.29, 1.82) is 0 Å². The molecule has 1 heterocycles. The van der Waals surface area contributed by atoms with E-state index < -0.39 is 0 Å². The van der Waals surface area contributed by atoms with Gasteiger partial charge in [0.05, 0.1) is 0 Å². The van der Waals surface area contributed by atoms with Gasteiger partial charge in [-0.15, -0.1) is 0 Å². The quantitative estimate of drug-likeness (QED) is 0.680. The van der Waals surface area contributed by atoms with E-state index in [4.69, 9.17) is 0 Å². The van der Waals surface area contributed by atoms with Gasteiger partial charge in [0.1, 0.15) is 0 Å². The van der Waals surface area contributed by atoms with Crippen molar-refractivity contribution in [3.05, 3.63) is 53.9 Å². The highest BCUT2D eigenvalue weighted by Gasteiger charge is 2.42. The molecule has 0 aliphatic carbocycles. The van der Waals surface area contributed by atoms with Crippen LogP contribution in [0.1, 0.15) is 46.1 Å². The molecule has 0 spiro atoms. The van der Waals surface area contributed by atoms with Gasteiger partial charge in [-0.2, -0.15) is 0 Å². The first kappa shape index (κ1) is 14.9. The SMILES string of the molecule is C=C1N(c2ccc(C)cc2)C=C(CCC)C1(C)C(C)C.